The summed E-state index contributed by atoms with van der Waals surface area (Å²) in [7, 11) is 0. The molecular weight excluding hydrogens is 282 g/mol. The number of carbonyl (C=O) groups excluding carboxylic acids is 1. The summed E-state index contributed by atoms with van der Waals surface area (Å²) < 4.78 is 6.85. The zero-order valence-corrected chi connectivity index (χ0v) is 12.1. The van der Waals surface area contributed by atoms with Gasteiger partial charge in [0, 0.05) is 13.5 Å². The normalized spacial score (nSPS) is 12.6. The molecule has 0 aliphatic rings. The first kappa shape index (κ1) is 14.5. The van der Waals surface area contributed by atoms with Crippen LogP contribution in [0.2, 0.25) is 5.15 Å². The Balaban J connectivity index is 2.05. The average molecular weight is 298 g/mol. The quantitative estimate of drug-likeness (QED) is 0.666. The molecule has 0 aliphatic carbocycles. The maximum absolute atomic E-state index is 10.7. The minimum Gasteiger partial charge on any atom is -0.466 e. The van der Waals surface area contributed by atoms with Gasteiger partial charge < -0.3 is 15.0 Å². The average Bonchev–Trinajstić information content (AvgIpc) is 2.77. The first-order valence-electron chi connectivity index (χ1n) is 6.24. The van der Waals surface area contributed by atoms with E-state index in [1.165, 1.54) is 6.92 Å². The monoisotopic (exact) mass is 297 g/mol. The fraction of sp³-hybridized carbons (Fsp3) is 0.500. The van der Waals surface area contributed by atoms with Crippen LogP contribution in [0.3, 0.4) is 0 Å². The Labute approximate surface area is 121 Å². The summed E-state index contributed by atoms with van der Waals surface area (Å²) in [4.78, 5) is 22.9. The van der Waals surface area contributed by atoms with Gasteiger partial charge in [-0.3, -0.25) is 4.79 Å². The van der Waals surface area contributed by atoms with E-state index in [9.17, 15) is 4.79 Å². The SMILES string of the molecule is CC(=O)OCC(C)CCn1cnc2nc(N)nc(Cl)c21. The molecule has 7 nitrogen and oxygen atoms in total. The molecule has 108 valence electrons. The summed E-state index contributed by atoms with van der Waals surface area (Å²) in [5.41, 5.74) is 6.67. The molecule has 0 aliphatic heterocycles. The lowest BCUT2D eigenvalue weighted by Gasteiger charge is -2.12. The van der Waals surface area contributed by atoms with Crippen LogP contribution in [0.25, 0.3) is 11.2 Å². The number of nitrogen functional groups attached to an aromatic ring is 1. The van der Waals surface area contributed by atoms with E-state index in [0.717, 1.165) is 6.42 Å². The third-order valence-corrected chi connectivity index (χ3v) is 3.14. The van der Waals surface area contributed by atoms with Gasteiger partial charge in [-0.05, 0) is 12.3 Å². The second kappa shape index (κ2) is 6.04. The predicted molar refractivity (Wildman–Crippen MR) is 75.2 cm³/mol. The number of ether oxygens (including phenoxy) is 1. The number of hydrogen-bond donors (Lipinski definition) is 1. The minimum absolute atomic E-state index is 0.107. The summed E-state index contributed by atoms with van der Waals surface area (Å²) >= 11 is 6.07. The number of hydrogen-bond acceptors (Lipinski definition) is 6. The molecule has 0 radical (unpaired) electrons. The summed E-state index contributed by atoms with van der Waals surface area (Å²) in [6.45, 7) is 4.50. The Bertz CT molecular complexity index is 628. The van der Waals surface area contributed by atoms with Gasteiger partial charge in [-0.1, -0.05) is 18.5 Å². The second-order valence-electron chi connectivity index (χ2n) is 4.68. The molecule has 0 bridgehead atoms. The van der Waals surface area contributed by atoms with Crippen molar-refractivity contribution in [1.82, 2.24) is 19.5 Å². The lowest BCUT2D eigenvalue weighted by molar-refractivity contribution is -0.142. The number of aryl methyl sites for hydroxylation is 1. The Hall–Kier alpha value is -1.89. The van der Waals surface area contributed by atoms with Crippen LogP contribution in [-0.4, -0.2) is 32.1 Å². The Kier molecular flexibility index (Phi) is 4.39. The van der Waals surface area contributed by atoms with Crippen LogP contribution in [0, 0.1) is 5.92 Å². The molecule has 8 heteroatoms. The summed E-state index contributed by atoms with van der Waals surface area (Å²) in [5.74, 6) is 0.0812. The molecule has 0 spiro atoms. The molecule has 0 amide bonds. The van der Waals surface area contributed by atoms with Crippen LogP contribution < -0.4 is 5.73 Å². The zero-order chi connectivity index (χ0) is 14.7. The van der Waals surface area contributed by atoms with Gasteiger partial charge in [0.2, 0.25) is 5.95 Å². The molecule has 0 saturated heterocycles. The summed E-state index contributed by atoms with van der Waals surface area (Å²) in [6, 6.07) is 0. The molecule has 0 saturated carbocycles. The van der Waals surface area contributed by atoms with E-state index in [2.05, 4.69) is 15.0 Å². The molecule has 0 aromatic carbocycles. The number of nitrogens with zero attached hydrogens (tertiary/aromatic N) is 4. The highest BCUT2D eigenvalue weighted by Crippen LogP contribution is 2.21. The number of aromatic nitrogens is 4. The van der Waals surface area contributed by atoms with Crippen molar-refractivity contribution in [3.8, 4) is 0 Å². The topological polar surface area (TPSA) is 95.9 Å². The molecule has 0 fully saturated rings. The fourth-order valence-corrected chi connectivity index (χ4v) is 2.10. The standard InChI is InChI=1S/C12H16ClN5O2/c1-7(5-20-8(2)19)3-4-18-6-15-11-9(18)10(13)16-12(14)17-11/h6-7H,3-5H2,1-2H3,(H2,14,16,17). The first-order valence-corrected chi connectivity index (χ1v) is 6.62. The fourth-order valence-electron chi connectivity index (χ4n) is 1.82. The zero-order valence-electron chi connectivity index (χ0n) is 11.3. The number of halogens is 1. The number of anilines is 1. The van der Waals surface area contributed by atoms with E-state index >= 15 is 0 Å². The highest BCUT2D eigenvalue weighted by molar-refractivity contribution is 6.33. The molecule has 2 aromatic heterocycles. The van der Waals surface area contributed by atoms with Crippen molar-refractivity contribution in [3.05, 3.63) is 11.5 Å². The van der Waals surface area contributed by atoms with Gasteiger partial charge in [0.25, 0.3) is 0 Å². The lowest BCUT2D eigenvalue weighted by Crippen LogP contribution is -2.12. The van der Waals surface area contributed by atoms with Crippen molar-refractivity contribution >= 4 is 34.7 Å². The van der Waals surface area contributed by atoms with Crippen LogP contribution in [0.5, 0.6) is 0 Å². The molecule has 2 rings (SSSR count). The molecule has 1 atom stereocenters. The van der Waals surface area contributed by atoms with E-state index in [1.54, 1.807) is 6.33 Å². The predicted octanol–water partition coefficient (Wildman–Crippen LogP) is 1.65. The maximum Gasteiger partial charge on any atom is 0.302 e. The highest BCUT2D eigenvalue weighted by Gasteiger charge is 2.12. The van der Waals surface area contributed by atoms with Crippen molar-refractivity contribution in [1.29, 1.82) is 0 Å². The molecular formula is C12H16ClN5O2. The van der Waals surface area contributed by atoms with E-state index in [4.69, 9.17) is 22.1 Å². The smallest absolute Gasteiger partial charge is 0.302 e. The maximum atomic E-state index is 10.7. The molecule has 2 heterocycles. The number of rotatable bonds is 5. The van der Waals surface area contributed by atoms with Crippen molar-refractivity contribution in [2.24, 2.45) is 5.92 Å². The van der Waals surface area contributed by atoms with E-state index in [1.807, 2.05) is 11.5 Å². The van der Waals surface area contributed by atoms with Gasteiger partial charge in [0.05, 0.1) is 12.9 Å². The number of imidazole rings is 1. The first-order chi connectivity index (χ1) is 9.47. The lowest BCUT2D eigenvalue weighted by atomic mass is 10.1. The van der Waals surface area contributed by atoms with Crippen LogP contribution in [0.4, 0.5) is 5.95 Å². The highest BCUT2D eigenvalue weighted by atomic mass is 35.5. The second-order valence-corrected chi connectivity index (χ2v) is 5.04. The van der Waals surface area contributed by atoms with Gasteiger partial charge in [0.15, 0.2) is 10.8 Å². The number of fused-ring (bicyclic) bond motifs is 1. The largest absolute Gasteiger partial charge is 0.466 e. The van der Waals surface area contributed by atoms with Crippen molar-refractivity contribution < 1.29 is 9.53 Å². The minimum atomic E-state index is -0.267. The van der Waals surface area contributed by atoms with Crippen molar-refractivity contribution in [2.45, 2.75) is 26.8 Å². The van der Waals surface area contributed by atoms with Crippen molar-refractivity contribution in [3.63, 3.8) is 0 Å². The molecule has 1 unspecified atom stereocenters. The Morgan fingerprint density at radius 3 is 3.00 bits per heavy atom. The molecule has 2 aromatic rings. The van der Waals surface area contributed by atoms with Gasteiger partial charge >= 0.3 is 5.97 Å². The third kappa shape index (κ3) is 3.36. The van der Waals surface area contributed by atoms with E-state index in [-0.39, 0.29) is 23.0 Å². The Morgan fingerprint density at radius 2 is 2.30 bits per heavy atom. The van der Waals surface area contributed by atoms with Gasteiger partial charge in [-0.25, -0.2) is 4.98 Å². The van der Waals surface area contributed by atoms with Crippen LogP contribution >= 0.6 is 11.6 Å². The van der Waals surface area contributed by atoms with Gasteiger partial charge in [-0.2, -0.15) is 9.97 Å². The van der Waals surface area contributed by atoms with Crippen LogP contribution in [0.15, 0.2) is 6.33 Å². The number of carbonyl (C=O) groups is 1. The van der Waals surface area contributed by atoms with Crippen molar-refractivity contribution in [2.75, 3.05) is 12.3 Å². The Morgan fingerprint density at radius 1 is 1.55 bits per heavy atom. The van der Waals surface area contributed by atoms with E-state index in [0.29, 0.717) is 24.3 Å². The number of nitrogens with two attached hydrogens (primary N) is 1. The summed E-state index contributed by atoms with van der Waals surface area (Å²) in [5, 5.41) is 0.289. The van der Waals surface area contributed by atoms with Crippen LogP contribution in [-0.2, 0) is 16.1 Å². The van der Waals surface area contributed by atoms with Gasteiger partial charge in [-0.15, -0.1) is 0 Å². The van der Waals surface area contributed by atoms with E-state index < -0.39 is 0 Å². The molecule has 2 N–H and O–H groups in total. The third-order valence-electron chi connectivity index (χ3n) is 2.88. The van der Waals surface area contributed by atoms with Gasteiger partial charge in [0.1, 0.15) is 5.52 Å². The summed E-state index contributed by atoms with van der Waals surface area (Å²) in [6.07, 6.45) is 2.47. The number of esters is 1. The molecule has 20 heavy (non-hydrogen) atoms. The van der Waals surface area contributed by atoms with Crippen LogP contribution in [0.1, 0.15) is 20.3 Å².